The van der Waals surface area contributed by atoms with E-state index in [9.17, 15) is 0 Å². The summed E-state index contributed by atoms with van der Waals surface area (Å²) in [5, 5.41) is 0. The summed E-state index contributed by atoms with van der Waals surface area (Å²) in [6, 6.07) is 0.562. The van der Waals surface area contributed by atoms with E-state index in [1.54, 1.807) is 0 Å². The van der Waals surface area contributed by atoms with Gasteiger partial charge in [-0.1, -0.05) is 0 Å². The predicted molar refractivity (Wildman–Crippen MR) is 60.0 cm³/mol. The normalized spacial score (nSPS) is 47.2. The summed E-state index contributed by atoms with van der Waals surface area (Å²) in [5.74, 6) is 0. The van der Waals surface area contributed by atoms with E-state index in [1.807, 2.05) is 0 Å². The largest absolute Gasteiger partial charge is 0.368 e. The van der Waals surface area contributed by atoms with Gasteiger partial charge >= 0.3 is 0 Å². The van der Waals surface area contributed by atoms with Crippen molar-refractivity contribution in [3.05, 3.63) is 0 Å². The van der Waals surface area contributed by atoms with Crippen molar-refractivity contribution in [3.63, 3.8) is 0 Å². The lowest BCUT2D eigenvalue weighted by molar-refractivity contribution is -0.249. The highest BCUT2D eigenvalue weighted by atomic mass is 16.6. The van der Waals surface area contributed by atoms with E-state index < -0.39 is 0 Å². The van der Waals surface area contributed by atoms with Crippen molar-refractivity contribution in [2.24, 2.45) is 0 Å². The Balaban J connectivity index is 2.20. The number of rotatable bonds is 1. The highest BCUT2D eigenvalue weighted by Crippen LogP contribution is 2.41. The maximum absolute atomic E-state index is 6.11. The lowest BCUT2D eigenvalue weighted by Crippen LogP contribution is -2.59. The molecule has 2 saturated heterocycles. The highest BCUT2D eigenvalue weighted by molar-refractivity contribution is 5.09. The van der Waals surface area contributed by atoms with Crippen molar-refractivity contribution in [1.82, 2.24) is 4.90 Å². The van der Waals surface area contributed by atoms with E-state index in [-0.39, 0.29) is 17.3 Å². The van der Waals surface area contributed by atoms with Crippen molar-refractivity contribution in [3.8, 4) is 0 Å². The average Bonchev–Trinajstić information content (AvgIpc) is 2.38. The Labute approximate surface area is 92.7 Å². The molecule has 88 valence electrons. The molecule has 0 N–H and O–H groups in total. The van der Waals surface area contributed by atoms with Crippen LogP contribution in [0.15, 0.2) is 0 Å². The molecule has 0 spiro atoms. The molecule has 0 aromatic carbocycles. The lowest BCUT2D eigenvalue weighted by Gasteiger charge is -2.46. The minimum absolute atomic E-state index is 0.135. The Morgan fingerprint density at radius 2 is 1.80 bits per heavy atom. The van der Waals surface area contributed by atoms with Crippen LogP contribution in [0.4, 0.5) is 0 Å². The fraction of sp³-hybridized carbons (Fsp3) is 1.00. The fourth-order valence-corrected chi connectivity index (χ4v) is 2.67. The Kier molecular flexibility index (Phi) is 2.61. The van der Waals surface area contributed by atoms with Gasteiger partial charge in [0.1, 0.15) is 11.2 Å². The van der Waals surface area contributed by atoms with Gasteiger partial charge in [-0.2, -0.15) is 0 Å². The summed E-state index contributed by atoms with van der Waals surface area (Å²) in [6.45, 7) is 13.6. The quantitative estimate of drug-likeness (QED) is 0.661. The Bertz CT molecular complexity index is 256. The molecule has 3 heteroatoms. The van der Waals surface area contributed by atoms with E-state index in [0.29, 0.717) is 6.04 Å². The van der Waals surface area contributed by atoms with Gasteiger partial charge in [-0.05, 0) is 34.6 Å². The van der Waals surface area contributed by atoms with Crippen molar-refractivity contribution in [1.29, 1.82) is 0 Å². The minimum atomic E-state index is -0.144. The molecule has 0 saturated carbocycles. The summed E-state index contributed by atoms with van der Waals surface area (Å²) in [5.41, 5.74) is -0.279. The van der Waals surface area contributed by atoms with E-state index >= 15 is 0 Å². The molecule has 2 rings (SSSR count). The SMILES string of the molecule is CC1CO[C@@]2(C)CN(C(C)C)C[C@@]2(C)O1. The lowest BCUT2D eigenvalue weighted by atomic mass is 9.88. The summed E-state index contributed by atoms with van der Waals surface area (Å²) in [6.07, 6.45) is 0.218. The first-order valence-electron chi connectivity index (χ1n) is 5.92. The van der Waals surface area contributed by atoms with Gasteiger partial charge in [0.25, 0.3) is 0 Å². The molecule has 0 aromatic heterocycles. The van der Waals surface area contributed by atoms with Gasteiger partial charge in [0.15, 0.2) is 0 Å². The third-order valence-corrected chi connectivity index (χ3v) is 3.96. The third kappa shape index (κ3) is 1.71. The molecule has 2 heterocycles. The number of likely N-dealkylation sites (tertiary alicyclic amines) is 1. The molecule has 2 aliphatic heterocycles. The van der Waals surface area contributed by atoms with Gasteiger partial charge < -0.3 is 9.47 Å². The summed E-state index contributed by atoms with van der Waals surface area (Å²) < 4.78 is 12.1. The van der Waals surface area contributed by atoms with Crippen LogP contribution in [0.1, 0.15) is 34.6 Å². The molecule has 2 fully saturated rings. The topological polar surface area (TPSA) is 21.7 Å². The first-order chi connectivity index (χ1) is 6.86. The van der Waals surface area contributed by atoms with Crippen molar-refractivity contribution >= 4 is 0 Å². The second kappa shape index (κ2) is 3.44. The molecule has 15 heavy (non-hydrogen) atoms. The Morgan fingerprint density at radius 3 is 2.40 bits per heavy atom. The van der Waals surface area contributed by atoms with Gasteiger partial charge in [-0.3, -0.25) is 4.90 Å². The van der Waals surface area contributed by atoms with E-state index in [2.05, 4.69) is 39.5 Å². The summed E-state index contributed by atoms with van der Waals surface area (Å²) in [4.78, 5) is 2.44. The van der Waals surface area contributed by atoms with Crippen LogP contribution in [-0.2, 0) is 9.47 Å². The van der Waals surface area contributed by atoms with Crippen LogP contribution in [0.3, 0.4) is 0 Å². The molecule has 0 radical (unpaired) electrons. The van der Waals surface area contributed by atoms with Crippen LogP contribution in [0, 0.1) is 0 Å². The first kappa shape index (κ1) is 11.4. The summed E-state index contributed by atoms with van der Waals surface area (Å²) in [7, 11) is 0. The van der Waals surface area contributed by atoms with Crippen LogP contribution >= 0.6 is 0 Å². The maximum atomic E-state index is 6.11. The minimum Gasteiger partial charge on any atom is -0.368 e. The molecule has 0 bridgehead atoms. The monoisotopic (exact) mass is 213 g/mol. The molecule has 0 amide bonds. The van der Waals surface area contributed by atoms with E-state index in [4.69, 9.17) is 9.47 Å². The average molecular weight is 213 g/mol. The van der Waals surface area contributed by atoms with Crippen molar-refractivity contribution in [2.45, 2.75) is 58.0 Å². The Morgan fingerprint density at radius 1 is 1.20 bits per heavy atom. The number of nitrogens with zero attached hydrogens (tertiary/aromatic N) is 1. The molecule has 1 unspecified atom stereocenters. The third-order valence-electron chi connectivity index (χ3n) is 3.96. The smallest absolute Gasteiger partial charge is 0.108 e. The number of hydrogen-bond donors (Lipinski definition) is 0. The van der Waals surface area contributed by atoms with E-state index in [0.717, 1.165) is 19.7 Å². The van der Waals surface area contributed by atoms with Crippen LogP contribution < -0.4 is 0 Å². The van der Waals surface area contributed by atoms with Gasteiger partial charge in [0.2, 0.25) is 0 Å². The molecular formula is C12H23NO2. The molecule has 3 atom stereocenters. The molecule has 0 aliphatic carbocycles. The molecule has 2 aliphatic rings. The van der Waals surface area contributed by atoms with Crippen LogP contribution in [0.5, 0.6) is 0 Å². The predicted octanol–water partition coefficient (Wildman–Crippen LogP) is 1.66. The first-order valence-corrected chi connectivity index (χ1v) is 5.92. The zero-order valence-electron chi connectivity index (χ0n) is 10.5. The second-order valence-corrected chi connectivity index (χ2v) is 5.70. The van der Waals surface area contributed by atoms with E-state index in [1.165, 1.54) is 0 Å². The van der Waals surface area contributed by atoms with Gasteiger partial charge in [-0.15, -0.1) is 0 Å². The fourth-order valence-electron chi connectivity index (χ4n) is 2.67. The van der Waals surface area contributed by atoms with Crippen molar-refractivity contribution < 1.29 is 9.47 Å². The maximum Gasteiger partial charge on any atom is 0.108 e. The Hall–Kier alpha value is -0.120. The van der Waals surface area contributed by atoms with Gasteiger partial charge in [0, 0.05) is 19.1 Å². The van der Waals surface area contributed by atoms with Gasteiger partial charge in [-0.25, -0.2) is 0 Å². The van der Waals surface area contributed by atoms with Crippen LogP contribution in [0.2, 0.25) is 0 Å². The molecular weight excluding hydrogens is 190 g/mol. The zero-order valence-corrected chi connectivity index (χ0v) is 10.5. The van der Waals surface area contributed by atoms with Crippen molar-refractivity contribution in [2.75, 3.05) is 19.7 Å². The number of hydrogen-bond acceptors (Lipinski definition) is 3. The summed E-state index contributed by atoms with van der Waals surface area (Å²) >= 11 is 0. The highest BCUT2D eigenvalue weighted by Gasteiger charge is 2.57. The molecule has 3 nitrogen and oxygen atoms in total. The zero-order chi connectivity index (χ0) is 11.3. The number of ether oxygens (including phenoxy) is 2. The number of fused-ring (bicyclic) bond motifs is 1. The van der Waals surface area contributed by atoms with Crippen LogP contribution in [0.25, 0.3) is 0 Å². The molecule has 0 aromatic rings. The standard InChI is InChI=1S/C12H23NO2/c1-9(2)13-7-11(4)12(5,8-13)15-10(3)6-14-11/h9-10H,6-8H2,1-5H3/t10?,11-,12+/m0/s1. The van der Waals surface area contributed by atoms with Crippen LogP contribution in [-0.4, -0.2) is 47.9 Å². The van der Waals surface area contributed by atoms with Gasteiger partial charge in [0.05, 0.1) is 12.7 Å². The second-order valence-electron chi connectivity index (χ2n) is 5.70.